The minimum absolute atomic E-state index is 0.0819. The summed E-state index contributed by atoms with van der Waals surface area (Å²) in [5.41, 5.74) is 2.53. The molecular weight excluding hydrogens is 366 g/mol. The summed E-state index contributed by atoms with van der Waals surface area (Å²) in [5.74, 6) is -0.0819. The zero-order valence-electron chi connectivity index (χ0n) is 16.6. The number of rotatable bonds is 8. The van der Waals surface area contributed by atoms with E-state index in [0.29, 0.717) is 18.7 Å². The Morgan fingerprint density at radius 1 is 1.10 bits per heavy atom. The van der Waals surface area contributed by atoms with Crippen molar-refractivity contribution in [3.63, 3.8) is 0 Å². The van der Waals surface area contributed by atoms with Crippen LogP contribution in [0.5, 0.6) is 0 Å². The summed E-state index contributed by atoms with van der Waals surface area (Å²) in [6, 6.07) is 12.0. The van der Waals surface area contributed by atoms with Gasteiger partial charge in [-0.2, -0.15) is 5.10 Å². The fraction of sp³-hybridized carbons (Fsp3) is 0.409. The number of benzene rings is 1. The summed E-state index contributed by atoms with van der Waals surface area (Å²) >= 11 is 0. The van der Waals surface area contributed by atoms with E-state index in [0.717, 1.165) is 62.3 Å². The molecule has 1 N–H and O–H groups in total. The van der Waals surface area contributed by atoms with Crippen molar-refractivity contribution in [3.05, 3.63) is 59.9 Å². The molecule has 0 spiro atoms. The van der Waals surface area contributed by atoms with Gasteiger partial charge in [-0.1, -0.05) is 30.3 Å². The Labute approximate surface area is 170 Å². The number of hydrogen-bond donors (Lipinski definition) is 1. The number of nitrogens with one attached hydrogen (secondary N) is 1. The number of nitrogens with zero attached hydrogens (tertiary/aromatic N) is 4. The Kier molecular flexibility index (Phi) is 6.49. The molecule has 1 saturated heterocycles. The van der Waals surface area contributed by atoms with Crippen LogP contribution in [0.15, 0.2) is 48.8 Å². The minimum atomic E-state index is -0.0819. The summed E-state index contributed by atoms with van der Waals surface area (Å²) in [4.78, 5) is 19.3. The first kappa shape index (κ1) is 19.5. The third-order valence-corrected chi connectivity index (χ3v) is 5.20. The van der Waals surface area contributed by atoms with Crippen LogP contribution >= 0.6 is 0 Å². The van der Waals surface area contributed by atoms with E-state index in [9.17, 15) is 4.79 Å². The van der Waals surface area contributed by atoms with Crippen LogP contribution in [0.25, 0.3) is 11.0 Å². The molecule has 1 fully saturated rings. The second-order valence-corrected chi connectivity index (χ2v) is 7.34. The van der Waals surface area contributed by atoms with E-state index in [2.05, 4.69) is 32.4 Å². The van der Waals surface area contributed by atoms with Gasteiger partial charge in [0.05, 0.1) is 31.5 Å². The Balaban J connectivity index is 1.28. The third-order valence-electron chi connectivity index (χ3n) is 5.20. The smallest absolute Gasteiger partial charge is 0.252 e. The number of morpholine rings is 1. The van der Waals surface area contributed by atoms with Crippen LogP contribution in [0.2, 0.25) is 0 Å². The molecule has 0 unspecified atom stereocenters. The van der Waals surface area contributed by atoms with E-state index in [1.807, 2.05) is 28.9 Å². The number of fused-ring (bicyclic) bond motifs is 1. The summed E-state index contributed by atoms with van der Waals surface area (Å²) < 4.78 is 7.22. The van der Waals surface area contributed by atoms with Crippen molar-refractivity contribution in [1.82, 2.24) is 25.0 Å². The maximum atomic E-state index is 12.4. The van der Waals surface area contributed by atoms with Gasteiger partial charge in [-0.3, -0.25) is 9.69 Å². The standard InChI is InChI=1S/C22H27N5O2/c28-22(23-8-4-5-9-26-10-12-29-13-11-26)20-14-19-16-25-27(21(19)24-15-20)17-18-6-2-1-3-7-18/h1-3,6-7,14-16H,4-5,8-13,17H2,(H,23,28). The number of aromatic nitrogens is 3. The minimum Gasteiger partial charge on any atom is -0.379 e. The van der Waals surface area contributed by atoms with Crippen molar-refractivity contribution >= 4 is 16.9 Å². The third kappa shape index (κ3) is 5.19. The molecule has 0 saturated carbocycles. The molecular formula is C22H27N5O2. The maximum Gasteiger partial charge on any atom is 0.252 e. The van der Waals surface area contributed by atoms with Gasteiger partial charge in [0.1, 0.15) is 0 Å². The van der Waals surface area contributed by atoms with E-state index >= 15 is 0 Å². The number of amides is 1. The molecule has 1 aliphatic heterocycles. The second kappa shape index (κ2) is 9.62. The number of hydrogen-bond acceptors (Lipinski definition) is 5. The molecule has 29 heavy (non-hydrogen) atoms. The molecule has 4 rings (SSSR count). The number of carbonyl (C=O) groups is 1. The predicted octanol–water partition coefficient (Wildman–Crippen LogP) is 2.32. The lowest BCUT2D eigenvalue weighted by molar-refractivity contribution is 0.0372. The van der Waals surface area contributed by atoms with Crippen LogP contribution in [0, 0.1) is 0 Å². The van der Waals surface area contributed by atoms with Gasteiger partial charge in [0.15, 0.2) is 5.65 Å². The van der Waals surface area contributed by atoms with Gasteiger partial charge in [0.25, 0.3) is 5.91 Å². The van der Waals surface area contributed by atoms with Crippen LogP contribution in [-0.2, 0) is 11.3 Å². The van der Waals surface area contributed by atoms with Crippen molar-refractivity contribution in [3.8, 4) is 0 Å². The van der Waals surface area contributed by atoms with Gasteiger partial charge in [0, 0.05) is 31.2 Å². The highest BCUT2D eigenvalue weighted by molar-refractivity contribution is 5.96. The number of unbranched alkanes of at least 4 members (excludes halogenated alkanes) is 1. The molecule has 3 aromatic rings. The highest BCUT2D eigenvalue weighted by Crippen LogP contribution is 2.14. The molecule has 7 nitrogen and oxygen atoms in total. The van der Waals surface area contributed by atoms with Crippen LogP contribution in [0.1, 0.15) is 28.8 Å². The van der Waals surface area contributed by atoms with E-state index < -0.39 is 0 Å². The Morgan fingerprint density at radius 3 is 2.76 bits per heavy atom. The van der Waals surface area contributed by atoms with Crippen molar-refractivity contribution < 1.29 is 9.53 Å². The lowest BCUT2D eigenvalue weighted by Gasteiger charge is -2.26. The lowest BCUT2D eigenvalue weighted by atomic mass is 10.2. The first-order valence-corrected chi connectivity index (χ1v) is 10.2. The summed E-state index contributed by atoms with van der Waals surface area (Å²) in [6.07, 6.45) is 5.44. The molecule has 3 heterocycles. The van der Waals surface area contributed by atoms with Crippen LogP contribution in [0.3, 0.4) is 0 Å². The van der Waals surface area contributed by atoms with Gasteiger partial charge in [-0.05, 0) is 31.0 Å². The normalized spacial score (nSPS) is 14.9. The van der Waals surface area contributed by atoms with Crippen molar-refractivity contribution in [2.24, 2.45) is 0 Å². The number of pyridine rings is 1. The monoisotopic (exact) mass is 393 g/mol. The van der Waals surface area contributed by atoms with Crippen LogP contribution in [-0.4, -0.2) is 65.0 Å². The number of carbonyl (C=O) groups excluding carboxylic acids is 1. The molecule has 1 aliphatic rings. The van der Waals surface area contributed by atoms with Crippen molar-refractivity contribution in [1.29, 1.82) is 0 Å². The second-order valence-electron chi connectivity index (χ2n) is 7.34. The number of ether oxygens (including phenoxy) is 1. The quantitative estimate of drug-likeness (QED) is 0.595. The SMILES string of the molecule is O=C(NCCCCN1CCOCC1)c1cnc2c(cnn2Cc2ccccc2)c1. The molecule has 2 aromatic heterocycles. The molecule has 1 amide bonds. The Morgan fingerprint density at radius 2 is 1.93 bits per heavy atom. The highest BCUT2D eigenvalue weighted by Gasteiger charge is 2.11. The fourth-order valence-corrected chi connectivity index (χ4v) is 3.56. The largest absolute Gasteiger partial charge is 0.379 e. The highest BCUT2D eigenvalue weighted by atomic mass is 16.5. The maximum absolute atomic E-state index is 12.4. The summed E-state index contributed by atoms with van der Waals surface area (Å²) in [7, 11) is 0. The Hall–Kier alpha value is -2.77. The first-order valence-electron chi connectivity index (χ1n) is 10.2. The van der Waals surface area contributed by atoms with Gasteiger partial charge in [-0.15, -0.1) is 0 Å². The van der Waals surface area contributed by atoms with Gasteiger partial charge in [-0.25, -0.2) is 9.67 Å². The molecule has 1 aromatic carbocycles. The summed E-state index contributed by atoms with van der Waals surface area (Å²) in [6.45, 7) is 6.07. The predicted molar refractivity (Wildman–Crippen MR) is 112 cm³/mol. The average Bonchev–Trinajstić information content (AvgIpc) is 3.17. The van der Waals surface area contributed by atoms with Gasteiger partial charge >= 0.3 is 0 Å². The topological polar surface area (TPSA) is 72.3 Å². The van der Waals surface area contributed by atoms with Crippen molar-refractivity contribution in [2.75, 3.05) is 39.4 Å². The summed E-state index contributed by atoms with van der Waals surface area (Å²) in [5, 5.41) is 8.31. The lowest BCUT2D eigenvalue weighted by Crippen LogP contribution is -2.37. The zero-order valence-corrected chi connectivity index (χ0v) is 16.6. The van der Waals surface area contributed by atoms with E-state index in [1.165, 1.54) is 0 Å². The van der Waals surface area contributed by atoms with E-state index in [-0.39, 0.29) is 5.91 Å². The first-order chi connectivity index (χ1) is 14.3. The molecule has 0 atom stereocenters. The van der Waals surface area contributed by atoms with Crippen LogP contribution < -0.4 is 5.32 Å². The van der Waals surface area contributed by atoms with E-state index in [1.54, 1.807) is 12.4 Å². The van der Waals surface area contributed by atoms with Crippen LogP contribution in [0.4, 0.5) is 0 Å². The molecule has 152 valence electrons. The van der Waals surface area contributed by atoms with E-state index in [4.69, 9.17) is 4.74 Å². The van der Waals surface area contributed by atoms with Gasteiger partial charge in [0.2, 0.25) is 0 Å². The fourth-order valence-electron chi connectivity index (χ4n) is 3.56. The zero-order chi connectivity index (χ0) is 19.9. The average molecular weight is 393 g/mol. The van der Waals surface area contributed by atoms with Crippen molar-refractivity contribution in [2.45, 2.75) is 19.4 Å². The molecule has 0 aliphatic carbocycles. The molecule has 0 bridgehead atoms. The molecule has 0 radical (unpaired) electrons. The molecule has 7 heteroatoms. The van der Waals surface area contributed by atoms with Gasteiger partial charge < -0.3 is 10.1 Å². The Bertz CT molecular complexity index is 935.